The van der Waals surface area contributed by atoms with Crippen molar-refractivity contribution in [1.82, 2.24) is 10.3 Å². The second-order valence-corrected chi connectivity index (χ2v) is 4.74. The van der Waals surface area contributed by atoms with Crippen molar-refractivity contribution < 1.29 is 9.18 Å². The maximum absolute atomic E-state index is 12.8. The normalized spacial score (nSPS) is 12.2. The summed E-state index contributed by atoms with van der Waals surface area (Å²) in [6, 6.07) is 1.17. The van der Waals surface area contributed by atoms with E-state index in [4.69, 9.17) is 0 Å². The van der Waals surface area contributed by atoms with E-state index in [1.165, 1.54) is 12.3 Å². The Morgan fingerprint density at radius 1 is 1.62 bits per heavy atom. The zero-order valence-corrected chi connectivity index (χ0v) is 10.6. The van der Waals surface area contributed by atoms with Gasteiger partial charge in [0.15, 0.2) is 0 Å². The second kappa shape index (κ2) is 6.58. The van der Waals surface area contributed by atoms with E-state index in [1.54, 1.807) is 0 Å². The summed E-state index contributed by atoms with van der Waals surface area (Å²) in [7, 11) is 0. The minimum absolute atomic E-state index is 0.252. The van der Waals surface area contributed by atoms with Crippen LogP contribution in [0.15, 0.2) is 18.5 Å². The molecule has 0 aromatic carbocycles. The lowest BCUT2D eigenvalue weighted by Crippen LogP contribution is -2.26. The molecular weight excluding hydrogens is 275 g/mol. The van der Waals surface area contributed by atoms with Crippen molar-refractivity contribution in [3.8, 4) is 0 Å². The zero-order chi connectivity index (χ0) is 12.0. The molecular formula is C11H14BrFN2O. The van der Waals surface area contributed by atoms with Crippen LogP contribution in [0, 0.1) is 5.82 Å². The van der Waals surface area contributed by atoms with Gasteiger partial charge >= 0.3 is 0 Å². The SMILES string of the molecule is CCC(Br)CCNC(=O)c1cncc(F)c1. The number of nitrogens with zero attached hydrogens (tertiary/aromatic N) is 1. The first kappa shape index (κ1) is 13.1. The molecule has 0 bridgehead atoms. The number of hydrogen-bond donors (Lipinski definition) is 1. The number of nitrogens with one attached hydrogen (secondary N) is 1. The van der Waals surface area contributed by atoms with E-state index in [1.807, 2.05) is 0 Å². The van der Waals surface area contributed by atoms with Gasteiger partial charge in [0.05, 0.1) is 11.8 Å². The van der Waals surface area contributed by atoms with Crippen molar-refractivity contribution >= 4 is 21.8 Å². The van der Waals surface area contributed by atoms with Crippen LogP contribution in [0.3, 0.4) is 0 Å². The van der Waals surface area contributed by atoms with Gasteiger partial charge in [-0.2, -0.15) is 0 Å². The summed E-state index contributed by atoms with van der Waals surface area (Å²) >= 11 is 3.47. The standard InChI is InChI=1S/C11H14BrFN2O/c1-2-9(12)3-4-15-11(16)8-5-10(13)7-14-6-8/h5-7,9H,2-4H2,1H3,(H,15,16). The summed E-state index contributed by atoms with van der Waals surface area (Å²) in [6.45, 7) is 2.64. The summed E-state index contributed by atoms with van der Waals surface area (Å²) in [5, 5.41) is 2.72. The van der Waals surface area contributed by atoms with E-state index in [0.717, 1.165) is 19.0 Å². The highest BCUT2D eigenvalue weighted by atomic mass is 79.9. The van der Waals surface area contributed by atoms with Gasteiger partial charge in [0.1, 0.15) is 5.82 Å². The Balaban J connectivity index is 2.41. The minimum Gasteiger partial charge on any atom is -0.352 e. The highest BCUT2D eigenvalue weighted by Gasteiger charge is 2.07. The number of hydrogen-bond acceptors (Lipinski definition) is 2. The molecule has 0 aliphatic heterocycles. The van der Waals surface area contributed by atoms with Crippen molar-refractivity contribution in [2.75, 3.05) is 6.54 Å². The Morgan fingerprint density at radius 2 is 2.38 bits per heavy atom. The van der Waals surface area contributed by atoms with Crippen molar-refractivity contribution in [1.29, 1.82) is 0 Å². The van der Waals surface area contributed by atoms with Crippen LogP contribution in [0.25, 0.3) is 0 Å². The molecule has 1 atom stereocenters. The summed E-state index contributed by atoms with van der Waals surface area (Å²) in [4.78, 5) is 15.6. The van der Waals surface area contributed by atoms with Crippen LogP contribution in [0.1, 0.15) is 30.1 Å². The van der Waals surface area contributed by atoms with Gasteiger partial charge in [0.2, 0.25) is 0 Å². The van der Waals surface area contributed by atoms with E-state index in [9.17, 15) is 9.18 Å². The highest BCUT2D eigenvalue weighted by Crippen LogP contribution is 2.08. The fourth-order valence-corrected chi connectivity index (χ4v) is 1.41. The number of pyridine rings is 1. The van der Waals surface area contributed by atoms with Gasteiger partial charge < -0.3 is 5.32 Å². The topological polar surface area (TPSA) is 42.0 Å². The molecule has 0 radical (unpaired) electrons. The summed E-state index contributed by atoms with van der Waals surface area (Å²) in [5.74, 6) is -0.789. The highest BCUT2D eigenvalue weighted by molar-refractivity contribution is 9.09. The molecule has 0 aliphatic rings. The first-order chi connectivity index (χ1) is 7.63. The van der Waals surface area contributed by atoms with Crippen LogP contribution >= 0.6 is 15.9 Å². The van der Waals surface area contributed by atoms with Gasteiger partial charge in [-0.05, 0) is 18.9 Å². The predicted octanol–water partition coefficient (Wildman–Crippen LogP) is 2.51. The van der Waals surface area contributed by atoms with Gasteiger partial charge in [0.25, 0.3) is 5.91 Å². The van der Waals surface area contributed by atoms with E-state index in [2.05, 4.69) is 33.2 Å². The van der Waals surface area contributed by atoms with Crippen LogP contribution in [0.5, 0.6) is 0 Å². The average Bonchev–Trinajstić information content (AvgIpc) is 2.28. The molecule has 0 spiro atoms. The Hall–Kier alpha value is -0.970. The lowest BCUT2D eigenvalue weighted by Gasteiger charge is -2.08. The third kappa shape index (κ3) is 4.26. The third-order valence-electron chi connectivity index (χ3n) is 2.15. The monoisotopic (exact) mass is 288 g/mol. The lowest BCUT2D eigenvalue weighted by atomic mass is 10.2. The van der Waals surface area contributed by atoms with E-state index >= 15 is 0 Å². The van der Waals surface area contributed by atoms with Gasteiger partial charge in [0, 0.05) is 17.6 Å². The summed E-state index contributed by atoms with van der Waals surface area (Å²) < 4.78 is 12.8. The van der Waals surface area contributed by atoms with Crippen LogP contribution in [-0.4, -0.2) is 22.3 Å². The number of carbonyl (C=O) groups excluding carboxylic acids is 1. The fraction of sp³-hybridized carbons (Fsp3) is 0.455. The minimum atomic E-state index is -0.500. The number of amides is 1. The van der Waals surface area contributed by atoms with Gasteiger partial charge in [-0.15, -0.1) is 0 Å². The van der Waals surface area contributed by atoms with E-state index in [0.29, 0.717) is 11.4 Å². The molecule has 16 heavy (non-hydrogen) atoms. The molecule has 1 unspecified atom stereocenters. The molecule has 88 valence electrons. The summed E-state index contributed by atoms with van der Waals surface area (Å²) in [5.41, 5.74) is 0.252. The first-order valence-electron chi connectivity index (χ1n) is 5.16. The first-order valence-corrected chi connectivity index (χ1v) is 6.08. The Bertz CT molecular complexity index is 360. The van der Waals surface area contributed by atoms with Crippen LogP contribution in [0.4, 0.5) is 4.39 Å². The fourth-order valence-electron chi connectivity index (χ4n) is 1.18. The van der Waals surface area contributed by atoms with Crippen molar-refractivity contribution in [2.45, 2.75) is 24.6 Å². The molecule has 5 heteroatoms. The van der Waals surface area contributed by atoms with Crippen LogP contribution in [0.2, 0.25) is 0 Å². The molecule has 1 rings (SSSR count). The number of alkyl halides is 1. The van der Waals surface area contributed by atoms with Crippen molar-refractivity contribution in [2.24, 2.45) is 0 Å². The predicted molar refractivity (Wildman–Crippen MR) is 64.2 cm³/mol. The molecule has 1 N–H and O–H groups in total. The average molecular weight is 289 g/mol. The smallest absolute Gasteiger partial charge is 0.252 e. The van der Waals surface area contributed by atoms with E-state index < -0.39 is 5.82 Å². The Kier molecular flexibility index (Phi) is 5.38. The number of aromatic nitrogens is 1. The molecule has 1 aromatic rings. The second-order valence-electron chi connectivity index (χ2n) is 3.44. The van der Waals surface area contributed by atoms with Gasteiger partial charge in [-0.25, -0.2) is 4.39 Å². The van der Waals surface area contributed by atoms with Crippen LogP contribution < -0.4 is 5.32 Å². The molecule has 3 nitrogen and oxygen atoms in total. The number of carbonyl (C=O) groups is 1. The van der Waals surface area contributed by atoms with Crippen molar-refractivity contribution in [3.63, 3.8) is 0 Å². The maximum Gasteiger partial charge on any atom is 0.252 e. The largest absolute Gasteiger partial charge is 0.352 e. The molecule has 0 fully saturated rings. The summed E-state index contributed by atoms with van der Waals surface area (Å²) in [6.07, 6.45) is 4.29. The number of rotatable bonds is 5. The lowest BCUT2D eigenvalue weighted by molar-refractivity contribution is 0.0952. The Labute approximate surface area is 103 Å². The van der Waals surface area contributed by atoms with E-state index in [-0.39, 0.29) is 11.5 Å². The molecule has 1 aromatic heterocycles. The third-order valence-corrected chi connectivity index (χ3v) is 3.26. The van der Waals surface area contributed by atoms with Gasteiger partial charge in [-0.1, -0.05) is 22.9 Å². The van der Waals surface area contributed by atoms with Crippen LogP contribution in [-0.2, 0) is 0 Å². The molecule has 0 saturated carbocycles. The quantitative estimate of drug-likeness (QED) is 0.846. The molecule has 0 saturated heterocycles. The number of halogens is 2. The maximum atomic E-state index is 12.8. The Morgan fingerprint density at radius 3 is 3.00 bits per heavy atom. The molecule has 0 aliphatic carbocycles. The molecule has 1 amide bonds. The zero-order valence-electron chi connectivity index (χ0n) is 9.04. The molecule has 1 heterocycles. The van der Waals surface area contributed by atoms with Gasteiger partial charge in [-0.3, -0.25) is 9.78 Å². The van der Waals surface area contributed by atoms with Crippen molar-refractivity contribution in [3.05, 3.63) is 29.8 Å².